The predicted octanol–water partition coefficient (Wildman–Crippen LogP) is 1.26. The van der Waals surface area contributed by atoms with Gasteiger partial charge in [-0.15, -0.1) is 11.8 Å². The Bertz CT molecular complexity index is 604. The SMILES string of the molecule is Cn1cccc1C(O)C1C(=O)N2C1SC(C)(C)C2C#N. The minimum atomic E-state index is -0.815. The lowest BCUT2D eigenvalue weighted by Gasteiger charge is -2.45. The topological polar surface area (TPSA) is 69.3 Å². The van der Waals surface area contributed by atoms with Gasteiger partial charge in [0.15, 0.2) is 0 Å². The Kier molecular flexibility index (Phi) is 2.89. The zero-order chi connectivity index (χ0) is 14.7. The van der Waals surface area contributed by atoms with Crippen molar-refractivity contribution in [1.29, 1.82) is 5.26 Å². The molecule has 1 aromatic rings. The smallest absolute Gasteiger partial charge is 0.233 e. The van der Waals surface area contributed by atoms with E-state index in [-0.39, 0.29) is 16.0 Å². The minimum Gasteiger partial charge on any atom is -0.386 e. The third kappa shape index (κ3) is 1.63. The maximum Gasteiger partial charge on any atom is 0.233 e. The van der Waals surface area contributed by atoms with Crippen LogP contribution in [0.3, 0.4) is 0 Å². The van der Waals surface area contributed by atoms with Gasteiger partial charge in [0.1, 0.15) is 12.1 Å². The number of aliphatic hydroxyl groups excluding tert-OH is 1. The first kappa shape index (κ1) is 13.5. The van der Waals surface area contributed by atoms with Crippen LogP contribution in [0.5, 0.6) is 0 Å². The fourth-order valence-corrected chi connectivity index (χ4v) is 4.77. The first-order valence-electron chi connectivity index (χ1n) is 6.57. The number of carbonyl (C=O) groups excluding carboxylic acids is 1. The highest BCUT2D eigenvalue weighted by Gasteiger charge is 2.63. The third-order valence-electron chi connectivity index (χ3n) is 4.23. The van der Waals surface area contributed by atoms with Crippen LogP contribution in [-0.4, -0.2) is 36.6 Å². The number of thioether (sulfide) groups is 1. The van der Waals surface area contributed by atoms with Gasteiger partial charge >= 0.3 is 0 Å². The van der Waals surface area contributed by atoms with Crippen molar-refractivity contribution in [3.8, 4) is 6.07 Å². The van der Waals surface area contributed by atoms with Crippen LogP contribution in [0.25, 0.3) is 0 Å². The first-order valence-corrected chi connectivity index (χ1v) is 7.45. The fraction of sp³-hybridized carbons (Fsp3) is 0.571. The Labute approximate surface area is 122 Å². The average molecular weight is 291 g/mol. The van der Waals surface area contributed by atoms with Crippen molar-refractivity contribution in [3.63, 3.8) is 0 Å². The number of carbonyl (C=O) groups is 1. The monoisotopic (exact) mass is 291 g/mol. The molecule has 3 rings (SSSR count). The Morgan fingerprint density at radius 1 is 1.55 bits per heavy atom. The second kappa shape index (κ2) is 4.27. The number of aryl methyl sites for hydroxylation is 1. The molecule has 3 heterocycles. The predicted molar refractivity (Wildman–Crippen MR) is 75.6 cm³/mol. The number of aliphatic hydroxyl groups is 1. The molecular formula is C14H17N3O2S. The summed E-state index contributed by atoms with van der Waals surface area (Å²) >= 11 is 1.61. The van der Waals surface area contributed by atoms with E-state index >= 15 is 0 Å². The van der Waals surface area contributed by atoms with Gasteiger partial charge < -0.3 is 14.6 Å². The van der Waals surface area contributed by atoms with Crippen LogP contribution >= 0.6 is 11.8 Å². The zero-order valence-electron chi connectivity index (χ0n) is 11.6. The molecule has 0 radical (unpaired) electrons. The van der Waals surface area contributed by atoms with Crippen molar-refractivity contribution < 1.29 is 9.90 Å². The van der Waals surface area contributed by atoms with Crippen molar-refractivity contribution in [1.82, 2.24) is 9.47 Å². The number of fused-ring (bicyclic) bond motifs is 1. The number of rotatable bonds is 2. The molecule has 2 aliphatic rings. The van der Waals surface area contributed by atoms with E-state index in [2.05, 4.69) is 6.07 Å². The molecule has 1 N–H and O–H groups in total. The van der Waals surface area contributed by atoms with E-state index in [4.69, 9.17) is 0 Å². The van der Waals surface area contributed by atoms with Gasteiger partial charge in [0, 0.05) is 23.7 Å². The van der Waals surface area contributed by atoms with Crippen LogP contribution in [0, 0.1) is 17.2 Å². The standard InChI is InChI=1S/C14H17N3O2S/c1-14(2)9(7-15)17-12(19)10(13(17)20-14)11(18)8-5-4-6-16(8)3/h4-6,9-11,13,18H,1-3H3. The molecule has 4 unspecified atom stereocenters. The summed E-state index contributed by atoms with van der Waals surface area (Å²) in [6.07, 6.45) is 1.04. The minimum absolute atomic E-state index is 0.105. The van der Waals surface area contributed by atoms with Gasteiger partial charge in [-0.25, -0.2) is 0 Å². The molecular weight excluding hydrogens is 274 g/mol. The molecule has 0 saturated carbocycles. The molecule has 2 saturated heterocycles. The van der Waals surface area contributed by atoms with Crippen molar-refractivity contribution in [2.24, 2.45) is 13.0 Å². The molecule has 0 aliphatic carbocycles. The maximum absolute atomic E-state index is 12.3. The number of amides is 1. The van der Waals surface area contributed by atoms with E-state index < -0.39 is 18.1 Å². The van der Waals surface area contributed by atoms with Gasteiger partial charge in [-0.2, -0.15) is 5.26 Å². The molecule has 0 spiro atoms. The van der Waals surface area contributed by atoms with Crippen LogP contribution < -0.4 is 0 Å². The number of nitriles is 1. The number of nitrogens with zero attached hydrogens (tertiary/aromatic N) is 3. The van der Waals surface area contributed by atoms with Crippen molar-refractivity contribution in [2.45, 2.75) is 36.1 Å². The van der Waals surface area contributed by atoms with Crippen LogP contribution in [0.4, 0.5) is 0 Å². The van der Waals surface area contributed by atoms with Crippen molar-refractivity contribution >= 4 is 17.7 Å². The molecule has 0 aromatic carbocycles. The summed E-state index contributed by atoms with van der Waals surface area (Å²) < 4.78 is 1.53. The Morgan fingerprint density at radius 3 is 2.80 bits per heavy atom. The van der Waals surface area contributed by atoms with Crippen molar-refractivity contribution in [3.05, 3.63) is 24.0 Å². The van der Waals surface area contributed by atoms with E-state index in [1.54, 1.807) is 16.7 Å². The summed E-state index contributed by atoms with van der Waals surface area (Å²) in [6.45, 7) is 3.95. The maximum atomic E-state index is 12.3. The summed E-state index contributed by atoms with van der Waals surface area (Å²) in [5.74, 6) is -0.570. The molecule has 1 amide bonds. The second-order valence-electron chi connectivity index (χ2n) is 5.90. The molecule has 4 atom stereocenters. The van der Waals surface area contributed by atoms with E-state index in [1.807, 2.05) is 43.8 Å². The number of aromatic nitrogens is 1. The van der Waals surface area contributed by atoms with Gasteiger partial charge in [-0.1, -0.05) is 0 Å². The first-order chi connectivity index (χ1) is 9.38. The summed E-state index contributed by atoms with van der Waals surface area (Å²) in [7, 11) is 1.85. The summed E-state index contributed by atoms with van der Waals surface area (Å²) in [5, 5.41) is 19.7. The normalized spacial score (nSPS) is 32.5. The largest absolute Gasteiger partial charge is 0.386 e. The van der Waals surface area contributed by atoms with Crippen molar-refractivity contribution in [2.75, 3.05) is 0 Å². The summed E-state index contributed by atoms with van der Waals surface area (Å²) in [5.41, 5.74) is 0.738. The molecule has 1 aromatic heterocycles. The summed E-state index contributed by atoms with van der Waals surface area (Å²) in [6, 6.07) is 5.48. The van der Waals surface area contributed by atoms with E-state index in [9.17, 15) is 15.2 Å². The molecule has 6 heteroatoms. The molecule has 0 bridgehead atoms. The third-order valence-corrected chi connectivity index (χ3v) is 5.82. The lowest BCUT2D eigenvalue weighted by Crippen LogP contribution is -2.61. The van der Waals surface area contributed by atoms with Gasteiger partial charge in [0.2, 0.25) is 5.91 Å². The Balaban J connectivity index is 1.88. The number of hydrogen-bond donors (Lipinski definition) is 1. The van der Waals surface area contributed by atoms with Crippen LogP contribution in [0.1, 0.15) is 25.6 Å². The fourth-order valence-electron chi connectivity index (χ4n) is 3.10. The molecule has 2 aliphatic heterocycles. The van der Waals surface area contributed by atoms with Gasteiger partial charge in [0.25, 0.3) is 0 Å². The average Bonchev–Trinajstić information content (AvgIpc) is 2.89. The van der Waals surface area contributed by atoms with E-state index in [0.29, 0.717) is 0 Å². The van der Waals surface area contributed by atoms with E-state index in [0.717, 1.165) is 5.69 Å². The highest BCUT2D eigenvalue weighted by Crippen LogP contribution is 2.55. The molecule has 2 fully saturated rings. The molecule has 20 heavy (non-hydrogen) atoms. The van der Waals surface area contributed by atoms with E-state index in [1.165, 1.54) is 0 Å². The van der Waals surface area contributed by atoms with Gasteiger partial charge in [0.05, 0.1) is 17.4 Å². The van der Waals surface area contributed by atoms with Crippen LogP contribution in [0.15, 0.2) is 18.3 Å². The second-order valence-corrected chi connectivity index (χ2v) is 7.67. The quantitative estimate of drug-likeness (QED) is 0.833. The highest BCUT2D eigenvalue weighted by atomic mass is 32.2. The molecule has 5 nitrogen and oxygen atoms in total. The zero-order valence-corrected chi connectivity index (χ0v) is 12.5. The lowest BCUT2D eigenvalue weighted by atomic mass is 9.87. The van der Waals surface area contributed by atoms with Crippen LogP contribution in [0.2, 0.25) is 0 Å². The lowest BCUT2D eigenvalue weighted by molar-refractivity contribution is -0.159. The number of hydrogen-bond acceptors (Lipinski definition) is 4. The van der Waals surface area contributed by atoms with Gasteiger partial charge in [-0.05, 0) is 26.0 Å². The molecule has 106 valence electrons. The van der Waals surface area contributed by atoms with Gasteiger partial charge in [-0.3, -0.25) is 4.79 Å². The number of β-lactam (4-membered cyclic amide) rings is 1. The summed E-state index contributed by atoms with van der Waals surface area (Å²) in [4.78, 5) is 14.0. The highest BCUT2D eigenvalue weighted by molar-refractivity contribution is 8.01. The Morgan fingerprint density at radius 2 is 2.25 bits per heavy atom. The Hall–Kier alpha value is -1.45. The van der Waals surface area contributed by atoms with Crippen LogP contribution in [-0.2, 0) is 11.8 Å².